The van der Waals surface area contributed by atoms with Crippen molar-refractivity contribution in [1.82, 2.24) is 10.6 Å². The van der Waals surface area contributed by atoms with Crippen molar-refractivity contribution in [3.05, 3.63) is 65.7 Å². The van der Waals surface area contributed by atoms with Crippen LogP contribution >= 0.6 is 0 Å². The molecule has 0 radical (unpaired) electrons. The molecule has 23 heavy (non-hydrogen) atoms. The van der Waals surface area contributed by atoms with Gasteiger partial charge in [-0.1, -0.05) is 42.5 Å². The largest absolute Gasteiger partial charge is 0.352 e. The molecule has 0 aliphatic carbocycles. The van der Waals surface area contributed by atoms with Crippen LogP contribution in [0.2, 0.25) is 0 Å². The summed E-state index contributed by atoms with van der Waals surface area (Å²) < 4.78 is 0. The number of nitrogens with zero attached hydrogens (tertiary/aromatic N) is 1. The fraction of sp³-hybridized carbons (Fsp3) is 0.222. The van der Waals surface area contributed by atoms with Crippen molar-refractivity contribution in [3.8, 4) is 0 Å². The highest BCUT2D eigenvalue weighted by Crippen LogP contribution is 2.10. The molecule has 0 aliphatic heterocycles. The van der Waals surface area contributed by atoms with Gasteiger partial charge in [0, 0.05) is 32.7 Å². The molecule has 120 valence electrons. The van der Waals surface area contributed by atoms with Gasteiger partial charge >= 0.3 is 0 Å². The smallest absolute Gasteiger partial charge is 0.221 e. The van der Waals surface area contributed by atoms with Crippen molar-refractivity contribution in [2.24, 2.45) is 4.99 Å². The van der Waals surface area contributed by atoms with Crippen molar-refractivity contribution in [3.63, 3.8) is 0 Å². The molecule has 0 aromatic heterocycles. The van der Waals surface area contributed by atoms with Gasteiger partial charge in [0.1, 0.15) is 0 Å². The van der Waals surface area contributed by atoms with Crippen LogP contribution in [0.3, 0.4) is 0 Å². The zero-order valence-corrected chi connectivity index (χ0v) is 13.5. The van der Waals surface area contributed by atoms with Gasteiger partial charge in [0.15, 0.2) is 5.96 Å². The van der Waals surface area contributed by atoms with Crippen LogP contribution in [0.4, 0.5) is 5.69 Å². The molecule has 0 atom stereocenters. The number of carbonyl (C=O) groups excluding carboxylic acids is 1. The van der Waals surface area contributed by atoms with E-state index < -0.39 is 0 Å². The van der Waals surface area contributed by atoms with E-state index in [0.717, 1.165) is 17.2 Å². The molecule has 0 saturated heterocycles. The number of hydrogen-bond donors (Lipinski definition) is 3. The second-order valence-electron chi connectivity index (χ2n) is 5.15. The van der Waals surface area contributed by atoms with Crippen LogP contribution in [0, 0.1) is 0 Å². The summed E-state index contributed by atoms with van der Waals surface area (Å²) in [6.07, 6.45) is 0. The van der Waals surface area contributed by atoms with Gasteiger partial charge in [-0.25, -0.2) is 0 Å². The quantitative estimate of drug-likeness (QED) is 0.587. The van der Waals surface area contributed by atoms with Crippen molar-refractivity contribution in [1.29, 1.82) is 0 Å². The number of anilines is 1. The summed E-state index contributed by atoms with van der Waals surface area (Å²) in [5, 5.41) is 9.32. The molecule has 2 aromatic carbocycles. The SMILES string of the molecule is CN=C(NCc1ccccc1)NCc1cccc(NC(C)=O)c1. The van der Waals surface area contributed by atoms with Gasteiger partial charge in [-0.2, -0.15) is 0 Å². The number of hydrogen-bond acceptors (Lipinski definition) is 2. The van der Waals surface area contributed by atoms with E-state index in [1.54, 1.807) is 7.05 Å². The van der Waals surface area contributed by atoms with Crippen molar-refractivity contribution in [2.75, 3.05) is 12.4 Å². The van der Waals surface area contributed by atoms with Crippen LogP contribution in [-0.4, -0.2) is 18.9 Å². The first kappa shape index (κ1) is 16.5. The maximum atomic E-state index is 11.1. The summed E-state index contributed by atoms with van der Waals surface area (Å²) >= 11 is 0. The fourth-order valence-corrected chi connectivity index (χ4v) is 2.15. The van der Waals surface area contributed by atoms with Gasteiger partial charge in [-0.15, -0.1) is 0 Å². The van der Waals surface area contributed by atoms with Gasteiger partial charge in [0.25, 0.3) is 0 Å². The number of rotatable bonds is 5. The van der Waals surface area contributed by atoms with Gasteiger partial charge < -0.3 is 16.0 Å². The third kappa shape index (κ3) is 5.82. The predicted octanol–water partition coefficient (Wildman–Crippen LogP) is 2.51. The maximum absolute atomic E-state index is 11.1. The van der Waals surface area contributed by atoms with E-state index in [1.165, 1.54) is 12.5 Å². The summed E-state index contributed by atoms with van der Waals surface area (Å²) in [6.45, 7) is 2.84. The normalized spacial score (nSPS) is 11.0. The van der Waals surface area contributed by atoms with E-state index in [-0.39, 0.29) is 5.91 Å². The van der Waals surface area contributed by atoms with Gasteiger partial charge in [-0.3, -0.25) is 9.79 Å². The first-order chi connectivity index (χ1) is 11.2. The number of aliphatic imine (C=N–C) groups is 1. The van der Waals surface area contributed by atoms with Gasteiger partial charge in [0.2, 0.25) is 5.91 Å². The maximum Gasteiger partial charge on any atom is 0.221 e. The molecule has 2 aromatic rings. The Bertz CT molecular complexity index is 668. The molecular weight excluding hydrogens is 288 g/mol. The molecule has 5 heteroatoms. The van der Waals surface area contributed by atoms with Crippen molar-refractivity contribution >= 4 is 17.6 Å². The van der Waals surface area contributed by atoms with E-state index in [1.807, 2.05) is 42.5 Å². The fourth-order valence-electron chi connectivity index (χ4n) is 2.15. The van der Waals surface area contributed by atoms with Crippen molar-refractivity contribution < 1.29 is 4.79 Å². The Kier molecular flexibility index (Phi) is 6.17. The zero-order chi connectivity index (χ0) is 16.5. The topological polar surface area (TPSA) is 65.5 Å². The molecule has 1 amide bonds. The molecule has 0 aliphatic rings. The van der Waals surface area contributed by atoms with Crippen LogP contribution < -0.4 is 16.0 Å². The molecule has 0 bridgehead atoms. The summed E-state index contributed by atoms with van der Waals surface area (Å²) in [7, 11) is 1.74. The van der Waals surface area contributed by atoms with E-state index in [4.69, 9.17) is 0 Å². The molecule has 0 unspecified atom stereocenters. The minimum atomic E-state index is -0.0737. The Labute approximate surface area is 136 Å². The molecule has 0 saturated carbocycles. The highest BCUT2D eigenvalue weighted by Gasteiger charge is 2.01. The Morgan fingerprint density at radius 3 is 2.26 bits per heavy atom. The lowest BCUT2D eigenvalue weighted by Crippen LogP contribution is -2.36. The van der Waals surface area contributed by atoms with E-state index in [9.17, 15) is 4.79 Å². The molecule has 0 spiro atoms. The minimum absolute atomic E-state index is 0.0737. The molecular formula is C18H22N4O. The number of guanidine groups is 1. The van der Waals surface area contributed by atoms with Crippen LogP contribution in [0.5, 0.6) is 0 Å². The second kappa shape index (κ2) is 8.58. The molecule has 5 nitrogen and oxygen atoms in total. The summed E-state index contributed by atoms with van der Waals surface area (Å²) in [5.41, 5.74) is 3.06. The van der Waals surface area contributed by atoms with Gasteiger partial charge in [0.05, 0.1) is 0 Å². The third-order valence-corrected chi connectivity index (χ3v) is 3.23. The molecule has 2 rings (SSSR count). The average molecular weight is 310 g/mol. The highest BCUT2D eigenvalue weighted by atomic mass is 16.1. The summed E-state index contributed by atoms with van der Waals surface area (Å²) in [5.74, 6) is 0.661. The first-order valence-electron chi connectivity index (χ1n) is 7.52. The Balaban J connectivity index is 1.87. The Morgan fingerprint density at radius 2 is 1.61 bits per heavy atom. The van der Waals surface area contributed by atoms with Crippen LogP contribution in [0.25, 0.3) is 0 Å². The van der Waals surface area contributed by atoms with Crippen molar-refractivity contribution in [2.45, 2.75) is 20.0 Å². The number of nitrogens with one attached hydrogen (secondary N) is 3. The van der Waals surface area contributed by atoms with E-state index in [2.05, 4.69) is 33.1 Å². The van der Waals surface area contributed by atoms with Gasteiger partial charge in [-0.05, 0) is 23.3 Å². The van der Waals surface area contributed by atoms with Crippen LogP contribution in [0.1, 0.15) is 18.1 Å². The standard InChI is InChI=1S/C18H22N4O/c1-14(23)22-17-10-6-9-16(11-17)13-21-18(19-2)20-12-15-7-4-3-5-8-15/h3-11H,12-13H2,1-2H3,(H,22,23)(H2,19,20,21). The monoisotopic (exact) mass is 310 g/mol. The zero-order valence-electron chi connectivity index (χ0n) is 13.5. The number of carbonyl (C=O) groups is 1. The van der Waals surface area contributed by atoms with E-state index in [0.29, 0.717) is 13.1 Å². The molecule has 0 heterocycles. The number of benzene rings is 2. The average Bonchev–Trinajstić information content (AvgIpc) is 2.56. The van der Waals surface area contributed by atoms with E-state index >= 15 is 0 Å². The summed E-state index contributed by atoms with van der Waals surface area (Å²) in [4.78, 5) is 15.3. The summed E-state index contributed by atoms with van der Waals surface area (Å²) in [6, 6.07) is 17.9. The van der Waals surface area contributed by atoms with Crippen LogP contribution in [-0.2, 0) is 17.9 Å². The molecule has 0 fully saturated rings. The van der Waals surface area contributed by atoms with Crippen LogP contribution in [0.15, 0.2) is 59.6 Å². The Hall–Kier alpha value is -2.82. The lowest BCUT2D eigenvalue weighted by molar-refractivity contribution is -0.114. The lowest BCUT2D eigenvalue weighted by Gasteiger charge is -2.12. The highest BCUT2D eigenvalue weighted by molar-refractivity contribution is 5.88. The Morgan fingerprint density at radius 1 is 0.957 bits per heavy atom. The molecule has 3 N–H and O–H groups in total. The minimum Gasteiger partial charge on any atom is -0.352 e. The number of amides is 1. The lowest BCUT2D eigenvalue weighted by atomic mass is 10.2. The predicted molar refractivity (Wildman–Crippen MR) is 94.2 cm³/mol. The second-order valence-corrected chi connectivity index (χ2v) is 5.15. The first-order valence-corrected chi connectivity index (χ1v) is 7.52. The third-order valence-electron chi connectivity index (χ3n) is 3.23.